The Balaban J connectivity index is 2.54. The minimum atomic E-state index is -0.319. The standard InChI is InChI=1S/C8H12N4OS/c1-5(7(10)13)4-14-8-6(9)11-2-3-12-8/h2-3,5H,4H2,1H3,(H2,9,11)(H2,10,13). The van der Waals surface area contributed by atoms with Crippen molar-refractivity contribution in [3.63, 3.8) is 0 Å². The highest BCUT2D eigenvalue weighted by atomic mass is 32.2. The molecule has 1 aromatic heterocycles. The van der Waals surface area contributed by atoms with Gasteiger partial charge >= 0.3 is 0 Å². The van der Waals surface area contributed by atoms with Gasteiger partial charge in [-0.3, -0.25) is 4.79 Å². The molecule has 0 fully saturated rings. The smallest absolute Gasteiger partial charge is 0.221 e. The predicted molar refractivity (Wildman–Crippen MR) is 55.5 cm³/mol. The van der Waals surface area contributed by atoms with Gasteiger partial charge in [0.15, 0.2) is 5.82 Å². The summed E-state index contributed by atoms with van der Waals surface area (Å²) < 4.78 is 0. The number of aromatic nitrogens is 2. The van der Waals surface area contributed by atoms with Gasteiger partial charge in [-0.25, -0.2) is 9.97 Å². The third-order valence-corrected chi connectivity index (χ3v) is 2.90. The summed E-state index contributed by atoms with van der Waals surface area (Å²) in [6.45, 7) is 1.77. The first-order valence-electron chi connectivity index (χ1n) is 4.10. The Bertz CT molecular complexity index is 331. The van der Waals surface area contributed by atoms with Crippen molar-refractivity contribution in [3.8, 4) is 0 Å². The van der Waals surface area contributed by atoms with Gasteiger partial charge in [0, 0.05) is 24.1 Å². The first-order chi connectivity index (χ1) is 6.61. The zero-order valence-corrected chi connectivity index (χ0v) is 8.62. The number of amides is 1. The molecule has 76 valence electrons. The fourth-order valence-electron chi connectivity index (χ4n) is 0.733. The molecule has 5 nitrogen and oxygen atoms in total. The molecule has 1 aromatic rings. The van der Waals surface area contributed by atoms with E-state index >= 15 is 0 Å². The number of hydrogen-bond donors (Lipinski definition) is 2. The Hall–Kier alpha value is -1.30. The number of nitrogens with zero attached hydrogens (tertiary/aromatic N) is 2. The number of carbonyl (C=O) groups excluding carboxylic acids is 1. The molecule has 0 aliphatic heterocycles. The SMILES string of the molecule is CC(CSc1nccnc1N)C(N)=O. The molecule has 1 heterocycles. The summed E-state index contributed by atoms with van der Waals surface area (Å²) in [6.07, 6.45) is 3.09. The first-order valence-corrected chi connectivity index (χ1v) is 5.08. The van der Waals surface area contributed by atoms with Crippen molar-refractivity contribution in [1.82, 2.24) is 9.97 Å². The van der Waals surface area contributed by atoms with E-state index in [2.05, 4.69) is 9.97 Å². The minimum absolute atomic E-state index is 0.193. The lowest BCUT2D eigenvalue weighted by Gasteiger charge is -2.06. The van der Waals surface area contributed by atoms with Crippen LogP contribution in [-0.2, 0) is 4.79 Å². The number of hydrogen-bond acceptors (Lipinski definition) is 5. The molecule has 0 aliphatic rings. The molecule has 0 aliphatic carbocycles. The fourth-order valence-corrected chi connectivity index (χ4v) is 1.64. The highest BCUT2D eigenvalue weighted by Gasteiger charge is 2.10. The quantitative estimate of drug-likeness (QED) is 0.699. The van der Waals surface area contributed by atoms with Gasteiger partial charge < -0.3 is 11.5 Å². The maximum absolute atomic E-state index is 10.7. The molecule has 14 heavy (non-hydrogen) atoms. The largest absolute Gasteiger partial charge is 0.381 e. The Morgan fingerprint density at radius 1 is 1.57 bits per heavy atom. The van der Waals surface area contributed by atoms with Crippen molar-refractivity contribution in [3.05, 3.63) is 12.4 Å². The third-order valence-electron chi connectivity index (χ3n) is 1.65. The third kappa shape index (κ3) is 2.88. The number of anilines is 1. The second-order valence-electron chi connectivity index (χ2n) is 2.86. The number of thioether (sulfide) groups is 1. The second-order valence-corrected chi connectivity index (χ2v) is 3.87. The monoisotopic (exact) mass is 212 g/mol. The van der Waals surface area contributed by atoms with Crippen molar-refractivity contribution in [1.29, 1.82) is 0 Å². The van der Waals surface area contributed by atoms with Crippen LogP contribution in [0.25, 0.3) is 0 Å². The molecule has 0 saturated heterocycles. The predicted octanol–water partition coefficient (Wildman–Crippen LogP) is 0.272. The molecule has 0 aromatic carbocycles. The van der Waals surface area contributed by atoms with E-state index in [9.17, 15) is 4.79 Å². The molecule has 0 radical (unpaired) electrons. The first kappa shape index (κ1) is 10.8. The molecule has 4 N–H and O–H groups in total. The normalized spacial score (nSPS) is 12.4. The summed E-state index contributed by atoms with van der Waals surface area (Å²) >= 11 is 1.38. The van der Waals surface area contributed by atoms with Crippen LogP contribution in [-0.4, -0.2) is 21.6 Å². The van der Waals surface area contributed by atoms with Crippen LogP contribution in [0.15, 0.2) is 17.4 Å². The zero-order valence-electron chi connectivity index (χ0n) is 7.80. The van der Waals surface area contributed by atoms with E-state index in [0.29, 0.717) is 16.6 Å². The summed E-state index contributed by atoms with van der Waals surface area (Å²) in [4.78, 5) is 18.7. The lowest BCUT2D eigenvalue weighted by molar-refractivity contribution is -0.120. The van der Waals surface area contributed by atoms with Crippen LogP contribution >= 0.6 is 11.8 Å². The van der Waals surface area contributed by atoms with Crippen molar-refractivity contribution < 1.29 is 4.79 Å². The summed E-state index contributed by atoms with van der Waals surface area (Å²) in [6, 6.07) is 0. The van der Waals surface area contributed by atoms with Crippen molar-refractivity contribution in [2.24, 2.45) is 11.7 Å². The number of rotatable bonds is 4. The number of carbonyl (C=O) groups is 1. The summed E-state index contributed by atoms with van der Waals surface area (Å²) in [7, 11) is 0. The van der Waals surface area contributed by atoms with Gasteiger partial charge in [-0.05, 0) is 0 Å². The van der Waals surface area contributed by atoms with E-state index < -0.39 is 0 Å². The van der Waals surface area contributed by atoms with Crippen LogP contribution in [0.4, 0.5) is 5.82 Å². The summed E-state index contributed by atoms with van der Waals surface area (Å²) in [5, 5.41) is 0.639. The van der Waals surface area contributed by atoms with E-state index in [1.54, 1.807) is 13.1 Å². The molecule has 0 saturated carbocycles. The topological polar surface area (TPSA) is 94.9 Å². The highest BCUT2D eigenvalue weighted by Crippen LogP contribution is 2.21. The summed E-state index contributed by atoms with van der Waals surface area (Å²) in [5.74, 6) is 0.439. The van der Waals surface area contributed by atoms with Crippen LogP contribution in [0, 0.1) is 5.92 Å². The zero-order chi connectivity index (χ0) is 10.6. The Morgan fingerprint density at radius 2 is 2.21 bits per heavy atom. The van der Waals surface area contributed by atoms with Crippen LogP contribution in [0.2, 0.25) is 0 Å². The van der Waals surface area contributed by atoms with E-state index in [1.165, 1.54) is 18.0 Å². The van der Waals surface area contributed by atoms with Crippen molar-refractivity contribution >= 4 is 23.5 Å². The minimum Gasteiger partial charge on any atom is -0.381 e. The van der Waals surface area contributed by atoms with Crippen LogP contribution < -0.4 is 11.5 Å². The van der Waals surface area contributed by atoms with Gasteiger partial charge in [0.25, 0.3) is 0 Å². The molecule has 6 heteroatoms. The molecular formula is C8H12N4OS. The van der Waals surface area contributed by atoms with Crippen molar-refractivity contribution in [2.45, 2.75) is 11.9 Å². The average Bonchev–Trinajstić information content (AvgIpc) is 2.16. The number of nitrogen functional groups attached to an aromatic ring is 1. The van der Waals surface area contributed by atoms with E-state index in [4.69, 9.17) is 11.5 Å². The molecular weight excluding hydrogens is 200 g/mol. The maximum Gasteiger partial charge on any atom is 0.221 e. The molecule has 1 amide bonds. The van der Waals surface area contributed by atoms with Gasteiger partial charge in [-0.15, -0.1) is 11.8 Å². The Labute approximate surface area is 86.3 Å². The van der Waals surface area contributed by atoms with Crippen LogP contribution in [0.5, 0.6) is 0 Å². The van der Waals surface area contributed by atoms with E-state index in [0.717, 1.165) is 0 Å². The lowest BCUT2D eigenvalue weighted by Crippen LogP contribution is -2.22. The fraction of sp³-hybridized carbons (Fsp3) is 0.375. The second kappa shape index (κ2) is 4.80. The molecule has 0 bridgehead atoms. The number of primary amides is 1. The van der Waals surface area contributed by atoms with Crippen LogP contribution in [0.3, 0.4) is 0 Å². The lowest BCUT2D eigenvalue weighted by atomic mass is 10.2. The van der Waals surface area contributed by atoms with Gasteiger partial charge in [0.2, 0.25) is 5.91 Å². The Morgan fingerprint density at radius 3 is 2.79 bits per heavy atom. The summed E-state index contributed by atoms with van der Waals surface area (Å²) in [5.41, 5.74) is 10.7. The van der Waals surface area contributed by atoms with E-state index in [-0.39, 0.29) is 11.8 Å². The number of nitrogens with two attached hydrogens (primary N) is 2. The highest BCUT2D eigenvalue weighted by molar-refractivity contribution is 7.99. The van der Waals surface area contributed by atoms with Gasteiger partial charge in [0.05, 0.1) is 0 Å². The van der Waals surface area contributed by atoms with Crippen molar-refractivity contribution in [2.75, 3.05) is 11.5 Å². The molecule has 1 rings (SSSR count). The van der Waals surface area contributed by atoms with E-state index in [1.807, 2.05) is 0 Å². The molecule has 1 atom stereocenters. The van der Waals surface area contributed by atoms with Gasteiger partial charge in [0.1, 0.15) is 5.03 Å². The average molecular weight is 212 g/mol. The molecule has 1 unspecified atom stereocenters. The van der Waals surface area contributed by atoms with Gasteiger partial charge in [-0.1, -0.05) is 6.92 Å². The van der Waals surface area contributed by atoms with Gasteiger partial charge in [-0.2, -0.15) is 0 Å². The maximum atomic E-state index is 10.7. The van der Waals surface area contributed by atoms with Crippen LogP contribution in [0.1, 0.15) is 6.92 Å². The Kier molecular flexibility index (Phi) is 3.70. The molecule has 0 spiro atoms.